The molecule has 0 amide bonds. The molecule has 0 saturated carbocycles. The molecule has 0 aliphatic heterocycles. The van der Waals surface area contributed by atoms with Crippen LogP contribution < -0.4 is 5.73 Å². The Labute approximate surface area is 110 Å². The molecule has 0 spiro atoms. The Kier molecular flexibility index (Phi) is 7.23. The highest BCUT2D eigenvalue weighted by Crippen LogP contribution is 2.12. The third-order valence-electron chi connectivity index (χ3n) is 2.60. The van der Waals surface area contributed by atoms with Gasteiger partial charge >= 0.3 is 0 Å². The first-order chi connectivity index (χ1) is 8.20. The molecule has 0 fully saturated rings. The van der Waals surface area contributed by atoms with Gasteiger partial charge in [0.25, 0.3) is 0 Å². The van der Waals surface area contributed by atoms with E-state index in [1.807, 2.05) is 27.7 Å². The zero-order valence-electron chi connectivity index (χ0n) is 11.6. The van der Waals surface area contributed by atoms with Gasteiger partial charge in [-0.2, -0.15) is 4.31 Å². The minimum Gasteiger partial charge on any atom is -0.409 e. The molecule has 7 heteroatoms. The fourth-order valence-corrected chi connectivity index (χ4v) is 3.51. The SMILES string of the molecule is CC(C)CCS(=O)(=O)N(CCC(N)=NO)C(C)C. The van der Waals surface area contributed by atoms with E-state index in [-0.39, 0.29) is 30.6 Å². The van der Waals surface area contributed by atoms with E-state index in [0.29, 0.717) is 12.3 Å². The van der Waals surface area contributed by atoms with E-state index in [1.165, 1.54) is 4.31 Å². The van der Waals surface area contributed by atoms with Gasteiger partial charge in [-0.15, -0.1) is 0 Å². The molecule has 0 aromatic rings. The van der Waals surface area contributed by atoms with Crippen LogP contribution in [-0.4, -0.2) is 42.1 Å². The second kappa shape index (κ2) is 7.58. The Balaban J connectivity index is 4.67. The Morgan fingerprint density at radius 1 is 1.33 bits per heavy atom. The van der Waals surface area contributed by atoms with E-state index in [1.54, 1.807) is 0 Å². The van der Waals surface area contributed by atoms with Gasteiger partial charge in [-0.05, 0) is 26.2 Å². The van der Waals surface area contributed by atoms with Gasteiger partial charge in [0.05, 0.1) is 5.75 Å². The van der Waals surface area contributed by atoms with Crippen LogP contribution in [0.4, 0.5) is 0 Å². The Bertz CT molecular complexity index is 364. The lowest BCUT2D eigenvalue weighted by atomic mass is 10.2. The predicted molar refractivity (Wildman–Crippen MR) is 73.1 cm³/mol. The molecule has 0 atom stereocenters. The highest BCUT2D eigenvalue weighted by atomic mass is 32.2. The number of amidine groups is 1. The van der Waals surface area contributed by atoms with Crippen LogP contribution in [0.5, 0.6) is 0 Å². The molecule has 0 aromatic carbocycles. The Morgan fingerprint density at radius 2 is 1.89 bits per heavy atom. The van der Waals surface area contributed by atoms with E-state index >= 15 is 0 Å². The van der Waals surface area contributed by atoms with Crippen molar-refractivity contribution in [3.8, 4) is 0 Å². The largest absolute Gasteiger partial charge is 0.409 e. The van der Waals surface area contributed by atoms with Gasteiger partial charge in [-0.3, -0.25) is 0 Å². The van der Waals surface area contributed by atoms with Crippen molar-refractivity contribution >= 4 is 15.9 Å². The number of hydrogen-bond donors (Lipinski definition) is 2. The van der Waals surface area contributed by atoms with Crippen LogP contribution >= 0.6 is 0 Å². The van der Waals surface area contributed by atoms with E-state index in [2.05, 4.69) is 5.16 Å². The number of nitrogens with zero attached hydrogens (tertiary/aromatic N) is 2. The zero-order valence-corrected chi connectivity index (χ0v) is 12.4. The first-order valence-corrected chi connectivity index (χ1v) is 7.77. The van der Waals surface area contributed by atoms with Gasteiger partial charge in [0.15, 0.2) is 0 Å². The average Bonchev–Trinajstić information content (AvgIpc) is 2.25. The minimum absolute atomic E-state index is 0.0414. The highest BCUT2D eigenvalue weighted by molar-refractivity contribution is 7.89. The molecule has 0 unspecified atom stereocenters. The monoisotopic (exact) mass is 279 g/mol. The van der Waals surface area contributed by atoms with Crippen molar-refractivity contribution in [1.82, 2.24) is 4.31 Å². The Morgan fingerprint density at radius 3 is 2.28 bits per heavy atom. The van der Waals surface area contributed by atoms with Crippen molar-refractivity contribution in [3.05, 3.63) is 0 Å². The van der Waals surface area contributed by atoms with Crippen LogP contribution in [0, 0.1) is 5.92 Å². The molecule has 0 aliphatic rings. The topological polar surface area (TPSA) is 96.0 Å². The summed E-state index contributed by atoms with van der Waals surface area (Å²) in [7, 11) is -3.28. The maximum absolute atomic E-state index is 12.2. The molecule has 0 saturated heterocycles. The van der Waals surface area contributed by atoms with Crippen LogP contribution in [0.2, 0.25) is 0 Å². The van der Waals surface area contributed by atoms with Crippen molar-refractivity contribution in [1.29, 1.82) is 0 Å². The highest BCUT2D eigenvalue weighted by Gasteiger charge is 2.24. The summed E-state index contributed by atoms with van der Waals surface area (Å²) in [6.07, 6.45) is 0.866. The molecule has 0 heterocycles. The number of nitrogens with two attached hydrogens (primary N) is 1. The quantitative estimate of drug-likeness (QED) is 0.302. The molecule has 0 radical (unpaired) electrons. The summed E-state index contributed by atoms with van der Waals surface area (Å²) in [6.45, 7) is 7.86. The maximum atomic E-state index is 12.2. The predicted octanol–water partition coefficient (Wildman–Crippen LogP) is 1.21. The van der Waals surface area contributed by atoms with Crippen molar-refractivity contribution < 1.29 is 13.6 Å². The van der Waals surface area contributed by atoms with Gasteiger partial charge in [0, 0.05) is 19.0 Å². The lowest BCUT2D eigenvalue weighted by molar-refractivity contribution is 0.313. The number of rotatable bonds is 8. The third-order valence-corrected chi connectivity index (χ3v) is 4.67. The van der Waals surface area contributed by atoms with Gasteiger partial charge in [0.1, 0.15) is 5.84 Å². The van der Waals surface area contributed by atoms with E-state index < -0.39 is 10.0 Å². The molecule has 0 aromatic heterocycles. The van der Waals surface area contributed by atoms with E-state index in [0.717, 1.165) is 0 Å². The van der Waals surface area contributed by atoms with Crippen LogP contribution in [0.1, 0.15) is 40.5 Å². The summed E-state index contributed by atoms with van der Waals surface area (Å²) < 4.78 is 25.7. The summed E-state index contributed by atoms with van der Waals surface area (Å²) in [4.78, 5) is 0. The first kappa shape index (κ1) is 17.2. The van der Waals surface area contributed by atoms with Crippen molar-refractivity contribution in [2.24, 2.45) is 16.8 Å². The maximum Gasteiger partial charge on any atom is 0.214 e. The first-order valence-electron chi connectivity index (χ1n) is 6.16. The third kappa shape index (κ3) is 6.20. The van der Waals surface area contributed by atoms with Gasteiger partial charge in [-0.25, -0.2) is 8.42 Å². The molecule has 3 N–H and O–H groups in total. The number of sulfonamides is 1. The molecular formula is C11H25N3O3S. The molecular weight excluding hydrogens is 254 g/mol. The molecule has 0 bridgehead atoms. The fourth-order valence-electron chi connectivity index (χ4n) is 1.50. The molecule has 18 heavy (non-hydrogen) atoms. The van der Waals surface area contributed by atoms with Crippen LogP contribution in [0.15, 0.2) is 5.16 Å². The fraction of sp³-hybridized carbons (Fsp3) is 0.909. The van der Waals surface area contributed by atoms with Gasteiger partial charge < -0.3 is 10.9 Å². The summed E-state index contributed by atoms with van der Waals surface area (Å²) in [5, 5.41) is 11.3. The normalized spacial score (nSPS) is 13.8. The van der Waals surface area contributed by atoms with E-state index in [9.17, 15) is 8.42 Å². The summed E-state index contributed by atoms with van der Waals surface area (Å²) in [5.41, 5.74) is 5.37. The average molecular weight is 279 g/mol. The van der Waals surface area contributed by atoms with Crippen LogP contribution in [-0.2, 0) is 10.0 Å². The second-order valence-corrected chi connectivity index (χ2v) is 7.09. The van der Waals surface area contributed by atoms with Crippen molar-refractivity contribution in [2.45, 2.75) is 46.6 Å². The molecule has 108 valence electrons. The van der Waals surface area contributed by atoms with Crippen molar-refractivity contribution in [2.75, 3.05) is 12.3 Å². The van der Waals surface area contributed by atoms with E-state index in [4.69, 9.17) is 10.9 Å². The van der Waals surface area contributed by atoms with Gasteiger partial charge in [0.2, 0.25) is 10.0 Å². The molecule has 6 nitrogen and oxygen atoms in total. The number of hydrogen-bond acceptors (Lipinski definition) is 4. The lowest BCUT2D eigenvalue weighted by Gasteiger charge is -2.26. The Hall–Kier alpha value is -0.820. The smallest absolute Gasteiger partial charge is 0.214 e. The summed E-state index contributed by atoms with van der Waals surface area (Å²) in [5.74, 6) is 0.525. The van der Waals surface area contributed by atoms with Gasteiger partial charge in [-0.1, -0.05) is 19.0 Å². The number of oxime groups is 1. The summed E-state index contributed by atoms with van der Waals surface area (Å²) in [6, 6.07) is -0.131. The van der Waals surface area contributed by atoms with Crippen LogP contribution in [0.3, 0.4) is 0 Å². The lowest BCUT2D eigenvalue weighted by Crippen LogP contribution is -2.40. The van der Waals surface area contributed by atoms with Crippen LogP contribution in [0.25, 0.3) is 0 Å². The molecule has 0 aliphatic carbocycles. The molecule has 0 rings (SSSR count). The second-order valence-electron chi connectivity index (χ2n) is 5.04. The standard InChI is InChI=1S/C11H25N3O3S/c1-9(2)6-8-18(16,17)14(10(3)4)7-5-11(12)13-15/h9-10,15H,5-8H2,1-4H3,(H2,12,13). The summed E-state index contributed by atoms with van der Waals surface area (Å²) >= 11 is 0. The van der Waals surface area contributed by atoms with Crippen molar-refractivity contribution in [3.63, 3.8) is 0 Å². The zero-order chi connectivity index (χ0) is 14.3. The minimum atomic E-state index is -3.28.